The van der Waals surface area contributed by atoms with Gasteiger partial charge in [0.15, 0.2) is 5.82 Å². The van der Waals surface area contributed by atoms with Gasteiger partial charge in [-0.05, 0) is 25.5 Å². The summed E-state index contributed by atoms with van der Waals surface area (Å²) in [7, 11) is 0. The van der Waals surface area contributed by atoms with Gasteiger partial charge < -0.3 is 15.8 Å². The van der Waals surface area contributed by atoms with Crippen molar-refractivity contribution >= 4 is 23.4 Å². The Bertz CT molecular complexity index is 430. The maximum absolute atomic E-state index is 5.85. The van der Waals surface area contributed by atoms with Crippen molar-refractivity contribution in [1.82, 2.24) is 9.97 Å². The Kier molecular flexibility index (Phi) is 5.91. The molecule has 5 nitrogen and oxygen atoms in total. The predicted octanol–water partition coefficient (Wildman–Crippen LogP) is 2.68. The molecule has 0 bridgehead atoms. The Morgan fingerprint density at radius 3 is 3.00 bits per heavy atom. The zero-order chi connectivity index (χ0) is 14.4. The number of thioether (sulfide) groups is 1. The molecule has 6 heteroatoms. The summed E-state index contributed by atoms with van der Waals surface area (Å²) in [5, 5.41) is 4.20. The van der Waals surface area contributed by atoms with E-state index in [9.17, 15) is 0 Å². The lowest BCUT2D eigenvalue weighted by atomic mass is 10.2. The lowest BCUT2D eigenvalue weighted by Gasteiger charge is -2.21. The second kappa shape index (κ2) is 7.69. The van der Waals surface area contributed by atoms with Gasteiger partial charge in [0.2, 0.25) is 0 Å². The molecule has 1 aliphatic carbocycles. The Morgan fingerprint density at radius 1 is 1.40 bits per heavy atom. The third-order valence-electron chi connectivity index (χ3n) is 3.39. The highest BCUT2D eigenvalue weighted by Crippen LogP contribution is 2.31. The molecule has 112 valence electrons. The minimum Gasteiger partial charge on any atom is -0.384 e. The van der Waals surface area contributed by atoms with Gasteiger partial charge in [-0.1, -0.05) is 13.3 Å². The van der Waals surface area contributed by atoms with Gasteiger partial charge in [0.25, 0.3) is 0 Å². The molecule has 2 unspecified atom stereocenters. The van der Waals surface area contributed by atoms with E-state index in [0.717, 1.165) is 11.6 Å². The molecule has 1 aromatic rings. The van der Waals surface area contributed by atoms with E-state index in [1.54, 1.807) is 6.07 Å². The number of nitrogens with zero attached hydrogens (tertiary/aromatic N) is 2. The van der Waals surface area contributed by atoms with Crippen molar-refractivity contribution in [2.75, 3.05) is 23.4 Å². The van der Waals surface area contributed by atoms with E-state index in [0.29, 0.717) is 36.1 Å². The maximum atomic E-state index is 5.85. The molecule has 0 spiro atoms. The molecule has 20 heavy (non-hydrogen) atoms. The van der Waals surface area contributed by atoms with Crippen LogP contribution in [0, 0.1) is 0 Å². The monoisotopic (exact) mass is 296 g/mol. The third kappa shape index (κ3) is 4.24. The zero-order valence-electron chi connectivity index (χ0n) is 12.3. The highest BCUT2D eigenvalue weighted by atomic mass is 32.2. The number of nitrogens with one attached hydrogen (secondary N) is 1. The molecule has 2 atom stereocenters. The fourth-order valence-electron chi connectivity index (χ4n) is 2.54. The van der Waals surface area contributed by atoms with Gasteiger partial charge in [-0.25, -0.2) is 9.97 Å². The van der Waals surface area contributed by atoms with Crippen LogP contribution in [0.15, 0.2) is 6.07 Å². The molecule has 1 fully saturated rings. The summed E-state index contributed by atoms with van der Waals surface area (Å²) < 4.78 is 5.35. The number of hydrogen-bond donors (Lipinski definition) is 2. The average Bonchev–Trinajstić information content (AvgIpc) is 2.84. The lowest BCUT2D eigenvalue weighted by Crippen LogP contribution is -2.27. The number of rotatable bonds is 7. The first kappa shape index (κ1) is 15.4. The Balaban J connectivity index is 2.02. The summed E-state index contributed by atoms with van der Waals surface area (Å²) >= 11 is 2.03. The number of nitrogen functional groups attached to an aromatic ring is 1. The van der Waals surface area contributed by atoms with E-state index >= 15 is 0 Å². The van der Waals surface area contributed by atoms with Crippen LogP contribution < -0.4 is 11.1 Å². The molecule has 0 radical (unpaired) electrons. The topological polar surface area (TPSA) is 73.1 Å². The van der Waals surface area contributed by atoms with Crippen LogP contribution in [0.1, 0.15) is 38.9 Å². The summed E-state index contributed by atoms with van der Waals surface area (Å²) in [6.07, 6.45) is 3.76. The van der Waals surface area contributed by atoms with E-state index in [4.69, 9.17) is 10.5 Å². The van der Waals surface area contributed by atoms with E-state index in [1.807, 2.05) is 18.7 Å². The van der Waals surface area contributed by atoms with Crippen LogP contribution in [-0.2, 0) is 11.3 Å². The van der Waals surface area contributed by atoms with Crippen molar-refractivity contribution in [3.05, 3.63) is 11.9 Å². The first-order valence-corrected chi connectivity index (χ1v) is 8.37. The van der Waals surface area contributed by atoms with E-state index in [-0.39, 0.29) is 0 Å². The molecule has 3 N–H and O–H groups in total. The molecule has 0 aliphatic heterocycles. The molecule has 0 saturated heterocycles. The minimum atomic E-state index is 0.411. The largest absolute Gasteiger partial charge is 0.384 e. The molecule has 1 heterocycles. The molecular formula is C14H24N4OS. The highest BCUT2D eigenvalue weighted by molar-refractivity contribution is 7.99. The first-order valence-electron chi connectivity index (χ1n) is 7.32. The SMILES string of the molecule is CCOCc1nc(N)cc(NC2CCCC2SCC)n1. The van der Waals surface area contributed by atoms with Crippen molar-refractivity contribution in [3.8, 4) is 0 Å². The van der Waals surface area contributed by atoms with Crippen molar-refractivity contribution in [3.63, 3.8) is 0 Å². The van der Waals surface area contributed by atoms with Crippen molar-refractivity contribution in [2.24, 2.45) is 0 Å². The van der Waals surface area contributed by atoms with E-state index in [2.05, 4.69) is 22.2 Å². The fourth-order valence-corrected chi connectivity index (χ4v) is 3.74. The predicted molar refractivity (Wildman–Crippen MR) is 85.0 cm³/mol. The summed E-state index contributed by atoms with van der Waals surface area (Å²) in [4.78, 5) is 8.69. The summed E-state index contributed by atoms with van der Waals surface area (Å²) in [5.41, 5.74) is 5.85. The average molecular weight is 296 g/mol. The highest BCUT2D eigenvalue weighted by Gasteiger charge is 2.27. The zero-order valence-corrected chi connectivity index (χ0v) is 13.1. The maximum Gasteiger partial charge on any atom is 0.158 e. The van der Waals surface area contributed by atoms with Gasteiger partial charge in [-0.3, -0.25) is 0 Å². The van der Waals surface area contributed by atoms with Gasteiger partial charge in [-0.2, -0.15) is 11.8 Å². The van der Waals surface area contributed by atoms with E-state index < -0.39 is 0 Å². The van der Waals surface area contributed by atoms with Crippen LogP contribution in [0.4, 0.5) is 11.6 Å². The summed E-state index contributed by atoms with van der Waals surface area (Å²) in [5.74, 6) is 3.12. The van der Waals surface area contributed by atoms with Gasteiger partial charge in [-0.15, -0.1) is 0 Å². The van der Waals surface area contributed by atoms with Gasteiger partial charge >= 0.3 is 0 Å². The van der Waals surface area contributed by atoms with Crippen LogP contribution in [0.3, 0.4) is 0 Å². The van der Waals surface area contributed by atoms with Gasteiger partial charge in [0.1, 0.15) is 18.2 Å². The summed E-state index contributed by atoms with van der Waals surface area (Å²) in [6, 6.07) is 2.29. The second-order valence-electron chi connectivity index (χ2n) is 4.91. The molecule has 1 saturated carbocycles. The normalized spacial score (nSPS) is 22.1. The molecule has 1 aromatic heterocycles. The van der Waals surface area contributed by atoms with Crippen LogP contribution >= 0.6 is 11.8 Å². The van der Waals surface area contributed by atoms with Crippen molar-refractivity contribution in [1.29, 1.82) is 0 Å². The van der Waals surface area contributed by atoms with Crippen LogP contribution in [-0.4, -0.2) is 33.6 Å². The van der Waals surface area contributed by atoms with Crippen LogP contribution in [0.25, 0.3) is 0 Å². The van der Waals surface area contributed by atoms with Crippen LogP contribution in [0.5, 0.6) is 0 Å². The van der Waals surface area contributed by atoms with Crippen molar-refractivity contribution in [2.45, 2.75) is 51.0 Å². The minimum absolute atomic E-state index is 0.411. The molecule has 2 rings (SSSR count). The summed E-state index contributed by atoms with van der Waals surface area (Å²) in [6.45, 7) is 5.23. The Morgan fingerprint density at radius 2 is 2.25 bits per heavy atom. The molecule has 1 aliphatic rings. The number of hydrogen-bond acceptors (Lipinski definition) is 6. The van der Waals surface area contributed by atoms with Crippen molar-refractivity contribution < 1.29 is 4.74 Å². The molecule has 0 amide bonds. The lowest BCUT2D eigenvalue weighted by molar-refractivity contribution is 0.128. The molecular weight excluding hydrogens is 272 g/mol. The number of ether oxygens (including phenoxy) is 1. The quantitative estimate of drug-likeness (QED) is 0.806. The molecule has 0 aromatic carbocycles. The fraction of sp³-hybridized carbons (Fsp3) is 0.714. The second-order valence-corrected chi connectivity index (χ2v) is 6.42. The number of anilines is 2. The Labute approximate surface area is 125 Å². The van der Waals surface area contributed by atoms with E-state index in [1.165, 1.54) is 19.3 Å². The number of aromatic nitrogens is 2. The van der Waals surface area contributed by atoms with Gasteiger partial charge in [0.05, 0.1) is 0 Å². The standard InChI is InChI=1S/C14H24N4OS/c1-3-19-9-14-17-12(15)8-13(18-14)16-10-6-5-7-11(10)20-4-2/h8,10-11H,3-7,9H2,1-2H3,(H3,15,16,17,18). The Hall–Kier alpha value is -1.01. The van der Waals surface area contributed by atoms with Gasteiger partial charge in [0, 0.05) is 24.0 Å². The third-order valence-corrected chi connectivity index (χ3v) is 4.72. The number of nitrogens with two attached hydrogens (primary N) is 1. The first-order chi connectivity index (χ1) is 9.72. The smallest absolute Gasteiger partial charge is 0.158 e. The van der Waals surface area contributed by atoms with Crippen LogP contribution in [0.2, 0.25) is 0 Å².